The summed E-state index contributed by atoms with van der Waals surface area (Å²) < 4.78 is 19.9. The maximum atomic E-state index is 13.9. The van der Waals surface area contributed by atoms with E-state index >= 15 is 0 Å². The summed E-state index contributed by atoms with van der Waals surface area (Å²) in [7, 11) is 0. The van der Waals surface area contributed by atoms with Gasteiger partial charge in [-0.3, -0.25) is 9.59 Å². The van der Waals surface area contributed by atoms with Crippen LogP contribution >= 0.6 is 0 Å². The molecule has 7 nitrogen and oxygen atoms in total. The van der Waals surface area contributed by atoms with E-state index in [9.17, 15) is 19.2 Å². The molecular weight excluding hydrogens is 471 g/mol. The zero-order valence-corrected chi connectivity index (χ0v) is 21.6. The SMILES string of the molecule is CC(C)(F)CN1CCC(COc2ccc(-c3ccc(C(=O)N4CCC[C@H]4C(N)=O)cc3)c(C#N)c2)CC1. The highest BCUT2D eigenvalue weighted by Gasteiger charge is 2.33. The summed E-state index contributed by atoms with van der Waals surface area (Å²) in [4.78, 5) is 28.2. The molecular formula is C29H35FN4O3. The van der Waals surface area contributed by atoms with E-state index in [2.05, 4.69) is 11.0 Å². The van der Waals surface area contributed by atoms with Crippen molar-refractivity contribution < 1.29 is 18.7 Å². The fourth-order valence-electron chi connectivity index (χ4n) is 5.28. The van der Waals surface area contributed by atoms with Crippen molar-refractivity contribution in [1.82, 2.24) is 9.80 Å². The van der Waals surface area contributed by atoms with Crippen LogP contribution in [0.15, 0.2) is 42.5 Å². The molecule has 0 unspecified atom stereocenters. The second-order valence-electron chi connectivity index (χ2n) is 10.7. The van der Waals surface area contributed by atoms with E-state index in [1.165, 1.54) is 4.90 Å². The Labute approximate surface area is 218 Å². The van der Waals surface area contributed by atoms with Crippen molar-refractivity contribution in [2.24, 2.45) is 11.7 Å². The molecule has 196 valence electrons. The molecule has 2 aromatic rings. The van der Waals surface area contributed by atoms with Crippen molar-refractivity contribution >= 4 is 11.8 Å². The van der Waals surface area contributed by atoms with Crippen molar-refractivity contribution in [3.05, 3.63) is 53.6 Å². The summed E-state index contributed by atoms with van der Waals surface area (Å²) in [5, 5.41) is 9.76. The van der Waals surface area contributed by atoms with Gasteiger partial charge in [-0.25, -0.2) is 4.39 Å². The minimum atomic E-state index is -1.18. The summed E-state index contributed by atoms with van der Waals surface area (Å²) in [6, 6.07) is 14.2. The third-order valence-electron chi connectivity index (χ3n) is 7.19. The first-order valence-corrected chi connectivity index (χ1v) is 12.9. The van der Waals surface area contributed by atoms with Gasteiger partial charge in [-0.2, -0.15) is 5.26 Å². The van der Waals surface area contributed by atoms with Crippen molar-refractivity contribution in [2.45, 2.75) is 51.2 Å². The van der Waals surface area contributed by atoms with Crippen LogP contribution in [-0.2, 0) is 4.79 Å². The lowest BCUT2D eigenvalue weighted by Gasteiger charge is -2.34. The molecule has 0 aliphatic carbocycles. The Morgan fingerprint density at radius 3 is 2.43 bits per heavy atom. The third kappa shape index (κ3) is 6.66. The topological polar surface area (TPSA) is 99.7 Å². The second-order valence-corrected chi connectivity index (χ2v) is 10.7. The summed E-state index contributed by atoms with van der Waals surface area (Å²) in [6.07, 6.45) is 3.27. The molecule has 0 bridgehead atoms. The number of hydrogen-bond donors (Lipinski definition) is 1. The number of hydrogen-bond acceptors (Lipinski definition) is 5. The van der Waals surface area contributed by atoms with E-state index in [0.717, 1.165) is 43.5 Å². The highest BCUT2D eigenvalue weighted by molar-refractivity contribution is 5.98. The molecule has 2 aromatic carbocycles. The van der Waals surface area contributed by atoms with Gasteiger partial charge in [-0.15, -0.1) is 0 Å². The van der Waals surface area contributed by atoms with Crippen LogP contribution in [-0.4, -0.2) is 66.1 Å². The van der Waals surface area contributed by atoms with Gasteiger partial charge in [0.25, 0.3) is 5.91 Å². The molecule has 2 aliphatic rings. The Hall–Kier alpha value is -3.44. The number of primary amides is 1. The molecule has 37 heavy (non-hydrogen) atoms. The van der Waals surface area contributed by atoms with Gasteiger partial charge in [-0.05, 0) is 100.0 Å². The molecule has 2 fully saturated rings. The van der Waals surface area contributed by atoms with Crippen molar-refractivity contribution in [3.63, 3.8) is 0 Å². The van der Waals surface area contributed by atoms with Gasteiger partial charge in [0.15, 0.2) is 0 Å². The van der Waals surface area contributed by atoms with Crippen molar-refractivity contribution in [2.75, 3.05) is 32.8 Å². The number of nitrogens with two attached hydrogens (primary N) is 1. The van der Waals surface area contributed by atoms with Gasteiger partial charge in [0.05, 0.1) is 18.2 Å². The third-order valence-corrected chi connectivity index (χ3v) is 7.19. The van der Waals surface area contributed by atoms with Crippen LogP contribution in [0.1, 0.15) is 55.5 Å². The van der Waals surface area contributed by atoms with E-state index in [0.29, 0.717) is 48.9 Å². The van der Waals surface area contributed by atoms with E-state index in [4.69, 9.17) is 10.5 Å². The Morgan fingerprint density at radius 2 is 1.81 bits per heavy atom. The molecule has 2 amide bonds. The summed E-state index contributed by atoms with van der Waals surface area (Å²) in [5.41, 5.74) is 6.81. The molecule has 2 saturated heterocycles. The fraction of sp³-hybridized carbons (Fsp3) is 0.483. The van der Waals surface area contributed by atoms with Crippen LogP contribution in [0.5, 0.6) is 5.75 Å². The highest BCUT2D eigenvalue weighted by Crippen LogP contribution is 2.29. The average molecular weight is 507 g/mol. The zero-order valence-electron chi connectivity index (χ0n) is 21.6. The number of likely N-dealkylation sites (tertiary alicyclic amines) is 2. The quantitative estimate of drug-likeness (QED) is 0.580. The normalized spacial score (nSPS) is 19.0. The first kappa shape index (κ1) is 26.6. The Kier molecular flexibility index (Phi) is 8.13. The summed E-state index contributed by atoms with van der Waals surface area (Å²) >= 11 is 0. The molecule has 2 heterocycles. The lowest BCUT2D eigenvalue weighted by Crippen LogP contribution is -2.43. The Morgan fingerprint density at radius 1 is 1.11 bits per heavy atom. The number of alkyl halides is 1. The van der Waals surface area contributed by atoms with E-state index in [1.54, 1.807) is 32.0 Å². The molecule has 2 aliphatic heterocycles. The number of halogens is 1. The molecule has 0 saturated carbocycles. The largest absolute Gasteiger partial charge is 0.493 e. The van der Waals surface area contributed by atoms with Crippen LogP contribution in [0.25, 0.3) is 11.1 Å². The van der Waals surface area contributed by atoms with Gasteiger partial charge in [-0.1, -0.05) is 12.1 Å². The van der Waals surface area contributed by atoms with Crippen LogP contribution in [0, 0.1) is 17.2 Å². The second kappa shape index (κ2) is 11.3. The maximum Gasteiger partial charge on any atom is 0.254 e. The van der Waals surface area contributed by atoms with E-state index in [-0.39, 0.29) is 5.91 Å². The summed E-state index contributed by atoms with van der Waals surface area (Å²) in [6.45, 7) is 6.49. The maximum absolute atomic E-state index is 13.9. The Bertz CT molecular complexity index is 1160. The van der Waals surface area contributed by atoms with E-state index < -0.39 is 17.6 Å². The van der Waals surface area contributed by atoms with Crippen molar-refractivity contribution in [1.29, 1.82) is 5.26 Å². The molecule has 0 spiro atoms. The molecule has 1 atom stereocenters. The molecule has 8 heteroatoms. The first-order valence-electron chi connectivity index (χ1n) is 12.9. The minimum absolute atomic E-state index is 0.212. The smallest absolute Gasteiger partial charge is 0.254 e. The minimum Gasteiger partial charge on any atom is -0.493 e. The molecule has 2 N–H and O–H groups in total. The van der Waals surface area contributed by atoms with E-state index in [1.807, 2.05) is 24.3 Å². The standard InChI is InChI=1S/C29H35FN4O3/c1-29(2,30)19-33-14-11-20(12-15-33)18-37-24-9-10-25(23(16-24)17-31)21-5-7-22(8-6-21)28(36)34-13-3-4-26(34)27(32)35/h5-10,16,20,26H,3-4,11-15,18-19H2,1-2H3,(H2,32,35)/t26-/m0/s1. The van der Waals surface area contributed by atoms with Crippen LogP contribution in [0.3, 0.4) is 0 Å². The number of ether oxygens (including phenoxy) is 1. The van der Waals surface area contributed by atoms with Crippen molar-refractivity contribution in [3.8, 4) is 22.9 Å². The number of amides is 2. The van der Waals surface area contributed by atoms with Gasteiger partial charge in [0.2, 0.25) is 5.91 Å². The Balaban J connectivity index is 1.37. The fourth-order valence-corrected chi connectivity index (χ4v) is 5.28. The number of carbonyl (C=O) groups excluding carboxylic acids is 2. The van der Waals surface area contributed by atoms with Crippen LogP contribution < -0.4 is 10.5 Å². The predicted molar refractivity (Wildman–Crippen MR) is 140 cm³/mol. The monoisotopic (exact) mass is 506 g/mol. The number of rotatable bonds is 8. The first-order chi connectivity index (χ1) is 17.6. The zero-order chi connectivity index (χ0) is 26.6. The highest BCUT2D eigenvalue weighted by atomic mass is 19.1. The van der Waals surface area contributed by atoms with Gasteiger partial charge in [0, 0.05) is 18.7 Å². The number of benzene rings is 2. The predicted octanol–water partition coefficient (Wildman–Crippen LogP) is 4.15. The van der Waals surface area contributed by atoms with Gasteiger partial charge in [0.1, 0.15) is 17.5 Å². The number of nitriles is 1. The van der Waals surface area contributed by atoms with Gasteiger partial charge < -0.3 is 20.3 Å². The van der Waals surface area contributed by atoms with Gasteiger partial charge >= 0.3 is 0 Å². The number of piperidine rings is 1. The average Bonchev–Trinajstić information content (AvgIpc) is 3.37. The summed E-state index contributed by atoms with van der Waals surface area (Å²) in [5.74, 6) is 0.357. The van der Waals surface area contributed by atoms with Crippen LogP contribution in [0.2, 0.25) is 0 Å². The number of nitrogens with zero attached hydrogens (tertiary/aromatic N) is 3. The van der Waals surface area contributed by atoms with Crippen LogP contribution in [0.4, 0.5) is 4.39 Å². The number of carbonyl (C=O) groups is 2. The molecule has 0 aromatic heterocycles. The molecule has 0 radical (unpaired) electrons. The lowest BCUT2D eigenvalue weighted by molar-refractivity contribution is -0.121. The molecule has 4 rings (SSSR count). The lowest BCUT2D eigenvalue weighted by atomic mass is 9.96.